The third kappa shape index (κ3) is 2.95. The van der Waals surface area contributed by atoms with E-state index in [2.05, 4.69) is 4.98 Å². The number of rotatable bonds is 4. The fraction of sp³-hybridized carbons (Fsp3) is 0.105. The number of imidazole rings is 1. The van der Waals surface area contributed by atoms with Gasteiger partial charge in [0.05, 0.1) is 23.9 Å². The van der Waals surface area contributed by atoms with Crippen LogP contribution >= 0.6 is 0 Å². The van der Waals surface area contributed by atoms with Crippen molar-refractivity contribution in [3.8, 4) is 17.1 Å². The van der Waals surface area contributed by atoms with Crippen molar-refractivity contribution >= 4 is 11.9 Å². The number of aromatic nitrogens is 2. The number of carbonyl (C=O) groups excluding carboxylic acids is 1. The third-order valence-electron chi connectivity index (χ3n) is 3.95. The number of carbonyl (C=O) groups is 2. The molecule has 0 unspecified atom stereocenters. The molecule has 0 atom stereocenters. The van der Waals surface area contributed by atoms with Crippen molar-refractivity contribution in [2.24, 2.45) is 0 Å². The van der Waals surface area contributed by atoms with Gasteiger partial charge in [-0.15, -0.1) is 0 Å². The van der Waals surface area contributed by atoms with Crippen molar-refractivity contribution in [3.05, 3.63) is 71.3 Å². The van der Waals surface area contributed by atoms with Crippen LogP contribution in [0.4, 0.5) is 4.39 Å². The van der Waals surface area contributed by atoms with Gasteiger partial charge in [-0.2, -0.15) is 0 Å². The highest BCUT2D eigenvalue weighted by Crippen LogP contribution is 2.29. The minimum atomic E-state index is -1.09. The Balaban J connectivity index is 2.31. The Morgan fingerprint density at radius 2 is 1.88 bits per heavy atom. The van der Waals surface area contributed by atoms with E-state index >= 15 is 0 Å². The van der Waals surface area contributed by atoms with Crippen molar-refractivity contribution in [1.29, 1.82) is 0 Å². The van der Waals surface area contributed by atoms with Crippen molar-refractivity contribution in [3.63, 3.8) is 0 Å². The second-order valence-corrected chi connectivity index (χ2v) is 5.53. The number of methoxy groups -OCH3 is 1. The summed E-state index contributed by atoms with van der Waals surface area (Å²) in [7, 11) is 1.23. The van der Waals surface area contributed by atoms with Crippen LogP contribution in [0.1, 0.15) is 26.5 Å². The maximum atomic E-state index is 14.3. The lowest BCUT2D eigenvalue weighted by Gasteiger charge is -2.11. The number of aromatic carboxylic acids is 1. The van der Waals surface area contributed by atoms with Gasteiger partial charge in [-0.05, 0) is 37.3 Å². The maximum absolute atomic E-state index is 14.3. The molecule has 26 heavy (non-hydrogen) atoms. The number of hydrogen-bond acceptors (Lipinski definition) is 4. The molecule has 0 aliphatic carbocycles. The van der Waals surface area contributed by atoms with Gasteiger partial charge in [0.15, 0.2) is 5.69 Å². The molecular weight excluding hydrogens is 339 g/mol. The van der Waals surface area contributed by atoms with Gasteiger partial charge in [0.25, 0.3) is 0 Å². The normalized spacial score (nSPS) is 10.6. The smallest absolute Gasteiger partial charge is 0.358 e. The van der Waals surface area contributed by atoms with Gasteiger partial charge in [0.2, 0.25) is 0 Å². The van der Waals surface area contributed by atoms with E-state index in [-0.39, 0.29) is 22.6 Å². The molecule has 0 saturated carbocycles. The molecule has 132 valence electrons. The summed E-state index contributed by atoms with van der Waals surface area (Å²) in [6, 6.07) is 12.1. The van der Waals surface area contributed by atoms with Crippen molar-refractivity contribution in [2.45, 2.75) is 6.92 Å². The summed E-state index contributed by atoms with van der Waals surface area (Å²) in [5.74, 6) is -2.08. The molecule has 0 radical (unpaired) electrons. The van der Waals surface area contributed by atoms with Crippen LogP contribution in [0.25, 0.3) is 17.1 Å². The number of nitrogens with zero attached hydrogens (tertiary/aromatic N) is 2. The van der Waals surface area contributed by atoms with Gasteiger partial charge in [-0.25, -0.2) is 19.0 Å². The average molecular weight is 354 g/mol. The fourth-order valence-corrected chi connectivity index (χ4v) is 2.71. The van der Waals surface area contributed by atoms with E-state index in [9.17, 15) is 19.1 Å². The zero-order valence-corrected chi connectivity index (χ0v) is 14.1. The molecule has 0 amide bonds. The molecule has 6 nitrogen and oxygen atoms in total. The standard InChI is InChI=1S/C19H15FN2O4/c1-11-16(19(25)26-2)21-17(14-8-3-4-9-15(14)20)22(11)13-7-5-6-12(10-13)18(23)24/h3-10H,1-2H3,(H,23,24). The molecule has 0 bridgehead atoms. The Morgan fingerprint density at radius 1 is 1.15 bits per heavy atom. The topological polar surface area (TPSA) is 81.4 Å². The molecule has 0 saturated heterocycles. The van der Waals surface area contributed by atoms with Crippen LogP contribution in [0.3, 0.4) is 0 Å². The van der Waals surface area contributed by atoms with E-state index in [1.807, 2.05) is 0 Å². The van der Waals surface area contributed by atoms with Crippen LogP contribution in [0.2, 0.25) is 0 Å². The molecule has 0 spiro atoms. The predicted octanol–water partition coefficient (Wildman–Crippen LogP) is 3.47. The lowest BCUT2D eigenvalue weighted by atomic mass is 10.1. The van der Waals surface area contributed by atoms with Crippen molar-refractivity contribution in [1.82, 2.24) is 9.55 Å². The van der Waals surface area contributed by atoms with E-state index in [4.69, 9.17) is 4.74 Å². The molecule has 0 aliphatic heterocycles. The van der Waals surface area contributed by atoms with E-state index in [1.54, 1.807) is 31.2 Å². The molecule has 0 fully saturated rings. The molecule has 0 aliphatic rings. The summed E-state index contributed by atoms with van der Waals surface area (Å²) in [6.07, 6.45) is 0. The lowest BCUT2D eigenvalue weighted by molar-refractivity contribution is 0.0592. The van der Waals surface area contributed by atoms with E-state index in [0.717, 1.165) is 0 Å². The highest BCUT2D eigenvalue weighted by Gasteiger charge is 2.23. The Labute approximate surface area is 148 Å². The number of carboxylic acids is 1. The minimum Gasteiger partial charge on any atom is -0.478 e. The number of hydrogen-bond donors (Lipinski definition) is 1. The van der Waals surface area contributed by atoms with Crippen LogP contribution in [-0.2, 0) is 4.74 Å². The van der Waals surface area contributed by atoms with Crippen LogP contribution in [-0.4, -0.2) is 33.7 Å². The van der Waals surface area contributed by atoms with Crippen molar-refractivity contribution < 1.29 is 23.8 Å². The molecular formula is C19H15FN2O4. The van der Waals surface area contributed by atoms with Gasteiger partial charge < -0.3 is 9.84 Å². The summed E-state index contributed by atoms with van der Waals surface area (Å²) in [5.41, 5.74) is 1.15. The first-order valence-corrected chi connectivity index (χ1v) is 7.70. The monoisotopic (exact) mass is 354 g/mol. The quantitative estimate of drug-likeness (QED) is 0.726. The van der Waals surface area contributed by atoms with Crippen LogP contribution in [0.5, 0.6) is 0 Å². The number of halogens is 1. The molecule has 1 heterocycles. The van der Waals surface area contributed by atoms with Crippen LogP contribution in [0.15, 0.2) is 48.5 Å². The fourth-order valence-electron chi connectivity index (χ4n) is 2.71. The number of ether oxygens (including phenoxy) is 1. The largest absolute Gasteiger partial charge is 0.478 e. The Hall–Kier alpha value is -3.48. The summed E-state index contributed by atoms with van der Waals surface area (Å²) in [6.45, 7) is 1.64. The maximum Gasteiger partial charge on any atom is 0.358 e. The highest BCUT2D eigenvalue weighted by molar-refractivity contribution is 5.90. The molecule has 7 heteroatoms. The molecule has 1 N–H and O–H groups in total. The Kier molecular flexibility index (Phi) is 4.53. The highest BCUT2D eigenvalue weighted by atomic mass is 19.1. The van der Waals surface area contributed by atoms with Gasteiger partial charge in [0, 0.05) is 5.69 Å². The van der Waals surface area contributed by atoms with Crippen LogP contribution in [0, 0.1) is 12.7 Å². The zero-order chi connectivity index (χ0) is 18.8. The average Bonchev–Trinajstić information content (AvgIpc) is 2.98. The van der Waals surface area contributed by atoms with Gasteiger partial charge >= 0.3 is 11.9 Å². The molecule has 3 rings (SSSR count). The number of benzene rings is 2. The Bertz CT molecular complexity index is 1010. The zero-order valence-electron chi connectivity index (χ0n) is 14.1. The first-order chi connectivity index (χ1) is 12.4. The van der Waals surface area contributed by atoms with Gasteiger partial charge in [-0.3, -0.25) is 4.57 Å². The predicted molar refractivity (Wildman–Crippen MR) is 92.0 cm³/mol. The Morgan fingerprint density at radius 3 is 2.54 bits per heavy atom. The van der Waals surface area contributed by atoms with Crippen molar-refractivity contribution in [2.75, 3.05) is 7.11 Å². The SMILES string of the molecule is COC(=O)c1nc(-c2ccccc2F)n(-c2cccc(C(=O)O)c2)c1C. The van der Waals surface area contributed by atoms with E-state index < -0.39 is 17.8 Å². The summed E-state index contributed by atoms with van der Waals surface area (Å²) in [4.78, 5) is 27.6. The minimum absolute atomic E-state index is 0.0338. The molecule has 2 aromatic carbocycles. The second-order valence-electron chi connectivity index (χ2n) is 5.53. The number of esters is 1. The second kappa shape index (κ2) is 6.79. The number of carboxylic acid groups (broad SMARTS) is 1. The summed E-state index contributed by atoms with van der Waals surface area (Å²) < 4.78 is 20.6. The molecule has 1 aromatic heterocycles. The van der Waals surface area contributed by atoms with E-state index in [1.165, 1.54) is 35.9 Å². The van der Waals surface area contributed by atoms with Gasteiger partial charge in [0.1, 0.15) is 11.6 Å². The molecule has 3 aromatic rings. The lowest BCUT2D eigenvalue weighted by Crippen LogP contribution is -2.06. The van der Waals surface area contributed by atoms with Crippen LogP contribution < -0.4 is 0 Å². The first-order valence-electron chi connectivity index (χ1n) is 7.70. The summed E-state index contributed by atoms with van der Waals surface area (Å²) >= 11 is 0. The summed E-state index contributed by atoms with van der Waals surface area (Å²) in [5, 5.41) is 9.23. The third-order valence-corrected chi connectivity index (χ3v) is 3.95. The van der Waals surface area contributed by atoms with E-state index in [0.29, 0.717) is 11.4 Å². The first kappa shape index (κ1) is 17.3. The van der Waals surface area contributed by atoms with Gasteiger partial charge in [-0.1, -0.05) is 18.2 Å².